The van der Waals surface area contributed by atoms with Gasteiger partial charge in [0.15, 0.2) is 0 Å². The van der Waals surface area contributed by atoms with Crippen LogP contribution in [0, 0.1) is 6.92 Å². The molecule has 2 heterocycles. The molecule has 3 nitrogen and oxygen atoms in total. The van der Waals surface area contributed by atoms with Crippen LogP contribution < -0.4 is 5.32 Å². The van der Waals surface area contributed by atoms with Crippen molar-refractivity contribution in [3.8, 4) is 11.1 Å². The zero-order valence-electron chi connectivity index (χ0n) is 10.3. The molecule has 90 valence electrons. The van der Waals surface area contributed by atoms with E-state index in [-0.39, 0.29) is 0 Å². The normalized spacial score (nSPS) is 10.8. The number of benzene rings is 1. The largest absolute Gasteiger partial charge is 0.372 e. The smallest absolute Gasteiger partial charge is 0.138 e. The first kappa shape index (κ1) is 11.2. The molecule has 0 unspecified atom stereocenters. The quantitative estimate of drug-likeness (QED) is 0.758. The van der Waals surface area contributed by atoms with Gasteiger partial charge in [-0.05, 0) is 12.5 Å². The highest BCUT2D eigenvalue weighted by molar-refractivity contribution is 7.19. The van der Waals surface area contributed by atoms with E-state index >= 15 is 0 Å². The van der Waals surface area contributed by atoms with Crippen LogP contribution in [-0.4, -0.2) is 17.0 Å². The van der Waals surface area contributed by atoms with Gasteiger partial charge in [-0.25, -0.2) is 9.97 Å². The second-order valence-electron chi connectivity index (χ2n) is 4.05. The minimum atomic E-state index is 0.892. The number of hydrogen-bond donors (Lipinski definition) is 1. The summed E-state index contributed by atoms with van der Waals surface area (Å²) in [5.74, 6) is 0.892. The van der Waals surface area contributed by atoms with Crippen LogP contribution in [0.3, 0.4) is 0 Å². The van der Waals surface area contributed by atoms with E-state index in [1.165, 1.54) is 16.0 Å². The molecule has 0 saturated carbocycles. The minimum Gasteiger partial charge on any atom is -0.372 e. The monoisotopic (exact) mass is 255 g/mol. The molecule has 1 aromatic carbocycles. The van der Waals surface area contributed by atoms with Crippen molar-refractivity contribution < 1.29 is 0 Å². The van der Waals surface area contributed by atoms with Crippen molar-refractivity contribution in [3.05, 3.63) is 41.5 Å². The zero-order valence-corrected chi connectivity index (χ0v) is 11.1. The van der Waals surface area contributed by atoms with Gasteiger partial charge >= 0.3 is 0 Å². The summed E-state index contributed by atoms with van der Waals surface area (Å²) in [6.07, 6.45) is 1.61. The number of nitrogens with zero attached hydrogens (tertiary/aromatic N) is 2. The summed E-state index contributed by atoms with van der Waals surface area (Å²) in [5.41, 5.74) is 2.45. The van der Waals surface area contributed by atoms with E-state index in [1.54, 1.807) is 17.7 Å². The van der Waals surface area contributed by atoms with Crippen LogP contribution in [-0.2, 0) is 0 Å². The van der Waals surface area contributed by atoms with E-state index in [0.717, 1.165) is 16.0 Å². The van der Waals surface area contributed by atoms with Crippen molar-refractivity contribution in [2.75, 3.05) is 12.4 Å². The Morgan fingerprint density at radius 1 is 1.11 bits per heavy atom. The second kappa shape index (κ2) is 4.38. The van der Waals surface area contributed by atoms with Crippen molar-refractivity contribution in [2.24, 2.45) is 0 Å². The fraction of sp³-hybridized carbons (Fsp3) is 0.143. The molecule has 1 N–H and O–H groups in total. The maximum atomic E-state index is 4.36. The Morgan fingerprint density at radius 2 is 1.89 bits per heavy atom. The Labute approximate surface area is 110 Å². The van der Waals surface area contributed by atoms with Crippen molar-refractivity contribution in [1.29, 1.82) is 0 Å². The summed E-state index contributed by atoms with van der Waals surface area (Å²) >= 11 is 1.71. The van der Waals surface area contributed by atoms with Gasteiger partial charge in [-0.15, -0.1) is 11.3 Å². The molecule has 3 aromatic rings. The number of aromatic nitrogens is 2. The van der Waals surface area contributed by atoms with Gasteiger partial charge in [0.2, 0.25) is 0 Å². The van der Waals surface area contributed by atoms with E-state index in [0.29, 0.717) is 0 Å². The van der Waals surface area contributed by atoms with Gasteiger partial charge in [0.25, 0.3) is 0 Å². The molecule has 0 radical (unpaired) electrons. The molecule has 0 saturated heterocycles. The Morgan fingerprint density at radius 3 is 2.61 bits per heavy atom. The van der Waals surface area contributed by atoms with Gasteiger partial charge in [-0.1, -0.05) is 30.3 Å². The van der Waals surface area contributed by atoms with Gasteiger partial charge < -0.3 is 5.32 Å². The van der Waals surface area contributed by atoms with Crippen LogP contribution >= 0.6 is 11.3 Å². The number of anilines is 1. The maximum Gasteiger partial charge on any atom is 0.138 e. The van der Waals surface area contributed by atoms with Crippen molar-refractivity contribution in [1.82, 2.24) is 9.97 Å². The minimum absolute atomic E-state index is 0.892. The molecule has 0 atom stereocenters. The van der Waals surface area contributed by atoms with Gasteiger partial charge in [0.1, 0.15) is 17.0 Å². The van der Waals surface area contributed by atoms with Crippen LogP contribution in [0.1, 0.15) is 4.88 Å². The fourth-order valence-corrected chi connectivity index (χ4v) is 3.20. The Balaban J connectivity index is 2.38. The Hall–Kier alpha value is -1.94. The fourth-order valence-electron chi connectivity index (χ4n) is 2.19. The highest BCUT2D eigenvalue weighted by Crippen LogP contribution is 2.39. The average molecular weight is 255 g/mol. The third-order valence-corrected chi connectivity index (χ3v) is 3.98. The molecular weight excluding hydrogens is 242 g/mol. The molecule has 0 aliphatic carbocycles. The predicted octanol–water partition coefficient (Wildman–Crippen LogP) is 3.71. The Bertz CT molecular complexity index is 689. The summed E-state index contributed by atoms with van der Waals surface area (Å²) in [4.78, 5) is 11.0. The first-order valence-electron chi connectivity index (χ1n) is 5.78. The number of hydrogen-bond acceptors (Lipinski definition) is 4. The molecule has 0 amide bonds. The maximum absolute atomic E-state index is 4.36. The number of aryl methyl sites for hydroxylation is 1. The lowest BCUT2D eigenvalue weighted by Gasteiger charge is -2.05. The zero-order chi connectivity index (χ0) is 12.5. The van der Waals surface area contributed by atoms with Crippen LogP contribution in [0.15, 0.2) is 36.7 Å². The van der Waals surface area contributed by atoms with Gasteiger partial charge in [-0.3, -0.25) is 0 Å². The molecule has 2 aromatic heterocycles. The second-order valence-corrected chi connectivity index (χ2v) is 5.25. The van der Waals surface area contributed by atoms with Crippen molar-refractivity contribution >= 4 is 27.4 Å². The highest BCUT2D eigenvalue weighted by Gasteiger charge is 2.15. The summed E-state index contributed by atoms with van der Waals surface area (Å²) in [6.45, 7) is 2.13. The van der Waals surface area contributed by atoms with E-state index in [2.05, 4.69) is 46.5 Å². The summed E-state index contributed by atoms with van der Waals surface area (Å²) < 4.78 is 0. The standard InChI is InChI=1S/C14H13N3S/c1-9-11(10-6-4-3-5-7-10)12-13(15-2)16-8-17-14(12)18-9/h3-8H,1-2H3,(H,15,16,17). The predicted molar refractivity (Wildman–Crippen MR) is 77.1 cm³/mol. The third-order valence-electron chi connectivity index (χ3n) is 2.96. The molecule has 3 rings (SSSR count). The van der Waals surface area contributed by atoms with Crippen molar-refractivity contribution in [2.45, 2.75) is 6.92 Å². The molecule has 4 heteroatoms. The van der Waals surface area contributed by atoms with Gasteiger partial charge in [-0.2, -0.15) is 0 Å². The Kier molecular flexibility index (Phi) is 2.72. The first-order valence-corrected chi connectivity index (χ1v) is 6.60. The van der Waals surface area contributed by atoms with E-state index in [1.807, 2.05) is 13.1 Å². The molecule has 0 aliphatic rings. The molecular formula is C14H13N3S. The molecule has 0 spiro atoms. The number of rotatable bonds is 2. The van der Waals surface area contributed by atoms with E-state index in [9.17, 15) is 0 Å². The molecule has 0 bridgehead atoms. The number of thiophene rings is 1. The molecule has 0 fully saturated rings. The van der Waals surface area contributed by atoms with Crippen LogP contribution in [0.4, 0.5) is 5.82 Å². The number of fused-ring (bicyclic) bond motifs is 1. The van der Waals surface area contributed by atoms with Gasteiger partial charge in [0.05, 0.1) is 5.39 Å². The van der Waals surface area contributed by atoms with Crippen LogP contribution in [0.25, 0.3) is 21.3 Å². The summed E-state index contributed by atoms with van der Waals surface area (Å²) in [6, 6.07) is 10.4. The molecule has 0 aliphatic heterocycles. The summed E-state index contributed by atoms with van der Waals surface area (Å²) in [7, 11) is 1.89. The lowest BCUT2D eigenvalue weighted by molar-refractivity contribution is 1.22. The lowest BCUT2D eigenvalue weighted by Crippen LogP contribution is -1.94. The van der Waals surface area contributed by atoms with E-state index in [4.69, 9.17) is 0 Å². The van der Waals surface area contributed by atoms with Crippen LogP contribution in [0.2, 0.25) is 0 Å². The molecule has 18 heavy (non-hydrogen) atoms. The third kappa shape index (κ3) is 1.66. The topological polar surface area (TPSA) is 37.8 Å². The number of nitrogens with one attached hydrogen (secondary N) is 1. The van der Waals surface area contributed by atoms with Gasteiger partial charge in [0, 0.05) is 17.5 Å². The van der Waals surface area contributed by atoms with E-state index < -0.39 is 0 Å². The van der Waals surface area contributed by atoms with Crippen molar-refractivity contribution in [3.63, 3.8) is 0 Å². The summed E-state index contributed by atoms with van der Waals surface area (Å²) in [5, 5.41) is 4.27. The lowest BCUT2D eigenvalue weighted by atomic mass is 10.0. The van der Waals surface area contributed by atoms with Crippen LogP contribution in [0.5, 0.6) is 0 Å². The SMILES string of the molecule is CNc1ncnc2sc(C)c(-c3ccccc3)c12. The average Bonchev–Trinajstić information content (AvgIpc) is 2.75. The first-order chi connectivity index (χ1) is 8.81. The highest BCUT2D eigenvalue weighted by atomic mass is 32.1.